The van der Waals surface area contributed by atoms with Crippen molar-refractivity contribution in [3.63, 3.8) is 0 Å². The van der Waals surface area contributed by atoms with Gasteiger partial charge in [-0.3, -0.25) is 4.79 Å². The van der Waals surface area contributed by atoms with Crippen LogP contribution < -0.4 is 0 Å². The smallest absolute Gasteiger partial charge is 0.314 e. The topological polar surface area (TPSA) is 119 Å². The lowest BCUT2D eigenvalue weighted by Gasteiger charge is -2.40. The number of fused-ring (bicyclic) bond motifs is 1. The van der Waals surface area contributed by atoms with Gasteiger partial charge in [-0.25, -0.2) is 8.42 Å². The molecule has 178 valence electrons. The first-order valence-electron chi connectivity index (χ1n) is 10.8. The number of ether oxygens (including phenoxy) is 2. The van der Waals surface area contributed by atoms with Gasteiger partial charge in [0.2, 0.25) is 0 Å². The van der Waals surface area contributed by atoms with Crippen molar-refractivity contribution in [2.75, 3.05) is 6.61 Å². The molecule has 0 radical (unpaired) electrons. The first kappa shape index (κ1) is 23.8. The summed E-state index contributed by atoms with van der Waals surface area (Å²) in [7, 11) is -6.34. The van der Waals surface area contributed by atoms with Gasteiger partial charge >= 0.3 is 5.97 Å². The third kappa shape index (κ3) is 3.00. The summed E-state index contributed by atoms with van der Waals surface area (Å²) in [5, 5.41) is 20.4. The summed E-state index contributed by atoms with van der Waals surface area (Å²) in [6, 6.07) is 7.76. The van der Waals surface area contributed by atoms with Crippen LogP contribution in [0.1, 0.15) is 27.7 Å². The largest absolute Gasteiger partial charge is 0.456 e. The Morgan fingerprint density at radius 2 is 1.72 bits per heavy atom. The lowest BCUT2D eigenvalue weighted by atomic mass is 9.70. The van der Waals surface area contributed by atoms with Crippen molar-refractivity contribution in [1.82, 2.24) is 0 Å². The number of esters is 1. The normalized spacial score (nSPS) is 39.2. The van der Waals surface area contributed by atoms with Crippen LogP contribution in [0.25, 0.3) is 0 Å². The molecule has 1 aromatic rings. The van der Waals surface area contributed by atoms with E-state index in [0.29, 0.717) is 0 Å². The molecule has 0 saturated carbocycles. The molecule has 7 unspecified atom stereocenters. The zero-order valence-corrected chi connectivity index (χ0v) is 21.0. The highest BCUT2D eigenvalue weighted by molar-refractivity contribution is 7.92. The number of cyclic esters (lactones) is 1. The predicted molar refractivity (Wildman–Crippen MR) is 118 cm³/mol. The Balaban J connectivity index is 1.75. The van der Waals surface area contributed by atoms with Gasteiger partial charge in [-0.2, -0.15) is 0 Å². The van der Waals surface area contributed by atoms with Gasteiger partial charge in [0.1, 0.15) is 29.0 Å². The Kier molecular flexibility index (Phi) is 5.29. The number of hydrogen-bond donors (Lipinski definition) is 2. The molecule has 3 aliphatic heterocycles. The Hall–Kier alpha value is -1.30. The fourth-order valence-corrected chi connectivity index (χ4v) is 8.40. The number of hydrogen-bond acceptors (Lipinski definition) is 8. The number of sulfone groups is 1. The van der Waals surface area contributed by atoms with Gasteiger partial charge in [0.05, 0.1) is 11.5 Å². The second-order valence-corrected chi connectivity index (χ2v) is 17.7. The minimum absolute atomic E-state index is 0.0213. The van der Waals surface area contributed by atoms with Gasteiger partial charge in [-0.1, -0.05) is 39.0 Å². The molecule has 3 heterocycles. The Morgan fingerprint density at radius 3 is 2.28 bits per heavy atom. The average molecular weight is 485 g/mol. The molecule has 2 bridgehead atoms. The van der Waals surface area contributed by atoms with E-state index < -0.39 is 64.8 Å². The quantitative estimate of drug-likeness (QED) is 0.478. The Morgan fingerprint density at radius 1 is 1.12 bits per heavy atom. The first-order chi connectivity index (χ1) is 14.6. The Bertz CT molecular complexity index is 1020. The van der Waals surface area contributed by atoms with E-state index in [1.807, 2.05) is 13.1 Å². The van der Waals surface area contributed by atoms with Gasteiger partial charge in [-0.15, -0.1) is 0 Å². The second kappa shape index (κ2) is 7.10. The highest BCUT2D eigenvalue weighted by atomic mass is 32.2. The van der Waals surface area contributed by atoms with E-state index in [-0.39, 0.29) is 16.5 Å². The number of aliphatic hydroxyl groups is 2. The molecule has 3 aliphatic rings. The van der Waals surface area contributed by atoms with E-state index in [9.17, 15) is 23.4 Å². The molecule has 1 spiro atoms. The number of aliphatic hydroxyl groups excluding tert-OH is 2. The van der Waals surface area contributed by atoms with Gasteiger partial charge in [0.25, 0.3) is 0 Å². The summed E-state index contributed by atoms with van der Waals surface area (Å²) in [5.74, 6) is -2.03. The van der Waals surface area contributed by atoms with Crippen LogP contribution in [0.5, 0.6) is 0 Å². The van der Waals surface area contributed by atoms with E-state index in [1.165, 1.54) is 19.1 Å². The summed E-state index contributed by atoms with van der Waals surface area (Å²) in [5.41, 5.74) is -3.37. The van der Waals surface area contributed by atoms with Crippen molar-refractivity contribution in [3.8, 4) is 0 Å². The minimum atomic E-state index is -4.10. The van der Waals surface area contributed by atoms with E-state index in [0.717, 1.165) is 0 Å². The molecule has 0 aromatic heterocycles. The molecular weight excluding hydrogens is 452 g/mol. The molecule has 4 rings (SSSR count). The molecule has 8 nitrogen and oxygen atoms in total. The van der Waals surface area contributed by atoms with E-state index in [2.05, 4.69) is 20.8 Å². The van der Waals surface area contributed by atoms with Crippen LogP contribution in [-0.4, -0.2) is 74.3 Å². The predicted octanol–water partition coefficient (Wildman–Crippen LogP) is 1.66. The lowest BCUT2D eigenvalue weighted by Crippen LogP contribution is -2.64. The molecule has 0 amide bonds. The van der Waals surface area contributed by atoms with Crippen molar-refractivity contribution in [2.45, 2.75) is 85.5 Å². The summed E-state index contributed by atoms with van der Waals surface area (Å²) >= 11 is 0. The molecule has 3 fully saturated rings. The lowest BCUT2D eigenvalue weighted by molar-refractivity contribution is -0.153. The molecule has 10 heteroatoms. The second-order valence-electron chi connectivity index (χ2n) is 10.8. The number of benzene rings is 1. The number of rotatable bonds is 5. The summed E-state index contributed by atoms with van der Waals surface area (Å²) in [4.78, 5) is 13.1. The standard InChI is InChI=1S/C22H32O8SSi/c1-20(2,3)32(5,6)28-12-14-22-15(19(25)29-14)18(21(4,30-22)16(23)17(22)24)31(26,27)13-10-8-7-9-11-13/h7-11,14-18,23-24H,12H2,1-6H3. The van der Waals surface area contributed by atoms with E-state index in [4.69, 9.17) is 13.9 Å². The maximum absolute atomic E-state index is 13.6. The maximum Gasteiger partial charge on any atom is 0.314 e. The van der Waals surface area contributed by atoms with Gasteiger partial charge in [0.15, 0.2) is 29.9 Å². The molecule has 7 atom stereocenters. The van der Waals surface area contributed by atoms with Crippen LogP contribution in [0.15, 0.2) is 35.2 Å². The van der Waals surface area contributed by atoms with Gasteiger partial charge in [0, 0.05) is 0 Å². The third-order valence-corrected chi connectivity index (χ3v) is 14.8. The van der Waals surface area contributed by atoms with Crippen LogP contribution in [-0.2, 0) is 28.5 Å². The molecular formula is C22H32O8SSi. The maximum atomic E-state index is 13.6. The Labute approximate surface area is 189 Å². The average Bonchev–Trinajstić information content (AvgIpc) is 3.22. The highest BCUT2D eigenvalue weighted by Gasteiger charge is 2.84. The SMILES string of the molecule is CC12OC3(C(CO[Si](C)(C)C(C)(C)C)OC(=O)C3C1S(=O)(=O)c1ccccc1)C(O)C2O. The van der Waals surface area contributed by atoms with Crippen LogP contribution in [0, 0.1) is 5.92 Å². The first-order valence-corrected chi connectivity index (χ1v) is 15.3. The minimum Gasteiger partial charge on any atom is -0.456 e. The summed E-state index contributed by atoms with van der Waals surface area (Å²) in [6.45, 7) is 11.7. The van der Waals surface area contributed by atoms with Crippen molar-refractivity contribution >= 4 is 24.1 Å². The number of carbonyl (C=O) groups is 1. The van der Waals surface area contributed by atoms with Gasteiger partial charge < -0.3 is 24.1 Å². The van der Waals surface area contributed by atoms with Crippen LogP contribution >= 0.6 is 0 Å². The van der Waals surface area contributed by atoms with Crippen molar-refractivity contribution in [1.29, 1.82) is 0 Å². The highest BCUT2D eigenvalue weighted by Crippen LogP contribution is 2.62. The van der Waals surface area contributed by atoms with Crippen LogP contribution in [0.4, 0.5) is 0 Å². The van der Waals surface area contributed by atoms with Crippen LogP contribution in [0.3, 0.4) is 0 Å². The molecule has 0 aliphatic carbocycles. The molecule has 3 saturated heterocycles. The molecule has 1 aromatic carbocycles. The molecule has 2 N–H and O–H groups in total. The fourth-order valence-electron chi connectivity index (χ4n) is 5.08. The van der Waals surface area contributed by atoms with Gasteiger partial charge in [-0.05, 0) is 37.2 Å². The zero-order chi connectivity index (χ0) is 23.9. The van der Waals surface area contributed by atoms with E-state index >= 15 is 0 Å². The van der Waals surface area contributed by atoms with Crippen molar-refractivity contribution in [3.05, 3.63) is 30.3 Å². The fraction of sp³-hybridized carbons (Fsp3) is 0.682. The zero-order valence-electron chi connectivity index (χ0n) is 19.2. The van der Waals surface area contributed by atoms with E-state index in [1.54, 1.807) is 18.2 Å². The number of carbonyl (C=O) groups excluding carboxylic acids is 1. The summed E-state index contributed by atoms with van der Waals surface area (Å²) < 4.78 is 45.2. The summed E-state index contributed by atoms with van der Waals surface area (Å²) in [6.07, 6.45) is -4.03. The van der Waals surface area contributed by atoms with Crippen LogP contribution in [0.2, 0.25) is 18.1 Å². The van der Waals surface area contributed by atoms with Crippen molar-refractivity contribution < 1.29 is 37.3 Å². The monoisotopic (exact) mass is 484 g/mol. The molecule has 32 heavy (non-hydrogen) atoms. The third-order valence-electron chi connectivity index (χ3n) is 7.92. The van der Waals surface area contributed by atoms with Crippen molar-refractivity contribution in [2.24, 2.45) is 5.92 Å².